The van der Waals surface area contributed by atoms with Crippen LogP contribution in [0.1, 0.15) is 11.5 Å². The summed E-state index contributed by atoms with van der Waals surface area (Å²) in [5.74, 6) is 1.00. The zero-order chi connectivity index (χ0) is 13.8. The van der Waals surface area contributed by atoms with E-state index < -0.39 is 0 Å². The van der Waals surface area contributed by atoms with Crippen LogP contribution >= 0.6 is 15.9 Å². The Kier molecular flexibility index (Phi) is 3.74. The van der Waals surface area contributed by atoms with Gasteiger partial charge < -0.3 is 4.42 Å². The molecule has 0 saturated carbocycles. The number of nitrogens with zero attached hydrogens (tertiary/aromatic N) is 2. The topological polar surface area (TPSA) is 38.9 Å². The maximum absolute atomic E-state index is 5.62. The molecule has 0 amide bonds. The lowest BCUT2D eigenvalue weighted by Gasteiger charge is -1.94. The monoisotopic (exact) mass is 326 g/mol. The van der Waals surface area contributed by atoms with Crippen LogP contribution in [-0.4, -0.2) is 10.2 Å². The molecule has 1 heterocycles. The van der Waals surface area contributed by atoms with Gasteiger partial charge in [-0.25, -0.2) is 0 Å². The smallest absolute Gasteiger partial charge is 0.248 e. The number of hydrogen-bond acceptors (Lipinski definition) is 3. The molecule has 0 saturated heterocycles. The molecule has 0 atom stereocenters. The molecule has 0 aliphatic carbocycles. The van der Waals surface area contributed by atoms with E-state index in [9.17, 15) is 0 Å². The quantitative estimate of drug-likeness (QED) is 0.702. The van der Waals surface area contributed by atoms with Crippen molar-refractivity contribution in [3.63, 3.8) is 0 Å². The molecular formula is C16H11BrN2O. The Morgan fingerprint density at radius 1 is 0.900 bits per heavy atom. The molecule has 0 spiro atoms. The third-order valence-corrected chi connectivity index (χ3v) is 3.22. The van der Waals surface area contributed by atoms with Gasteiger partial charge in [0.15, 0.2) is 0 Å². The average molecular weight is 327 g/mol. The van der Waals surface area contributed by atoms with E-state index in [1.807, 2.05) is 66.7 Å². The van der Waals surface area contributed by atoms with Gasteiger partial charge in [0, 0.05) is 16.1 Å². The largest absolute Gasteiger partial charge is 0.417 e. The highest BCUT2D eigenvalue weighted by molar-refractivity contribution is 9.10. The van der Waals surface area contributed by atoms with Crippen molar-refractivity contribution in [2.75, 3.05) is 0 Å². The molecule has 4 heteroatoms. The van der Waals surface area contributed by atoms with Crippen LogP contribution in [0.5, 0.6) is 0 Å². The Balaban J connectivity index is 1.82. The first-order valence-corrected chi connectivity index (χ1v) is 6.93. The number of rotatable bonds is 3. The van der Waals surface area contributed by atoms with Gasteiger partial charge in [-0.15, -0.1) is 10.2 Å². The van der Waals surface area contributed by atoms with Crippen molar-refractivity contribution in [2.24, 2.45) is 0 Å². The Morgan fingerprint density at radius 2 is 1.75 bits per heavy atom. The number of benzene rings is 2. The fourth-order valence-electron chi connectivity index (χ4n) is 1.77. The summed E-state index contributed by atoms with van der Waals surface area (Å²) in [5, 5.41) is 8.07. The van der Waals surface area contributed by atoms with Gasteiger partial charge in [-0.1, -0.05) is 52.3 Å². The minimum atomic E-state index is 0.490. The normalized spacial score (nSPS) is 11.1. The molecule has 0 fully saturated rings. The molecule has 3 nitrogen and oxygen atoms in total. The molecule has 3 rings (SSSR count). The molecule has 2 aromatic carbocycles. The molecular weight excluding hydrogens is 316 g/mol. The lowest BCUT2D eigenvalue weighted by molar-refractivity contribution is 0.558. The fraction of sp³-hybridized carbons (Fsp3) is 0. The van der Waals surface area contributed by atoms with Crippen LogP contribution in [0.4, 0.5) is 0 Å². The van der Waals surface area contributed by atoms with E-state index in [2.05, 4.69) is 26.1 Å². The lowest BCUT2D eigenvalue weighted by Crippen LogP contribution is -1.76. The zero-order valence-corrected chi connectivity index (χ0v) is 12.1. The van der Waals surface area contributed by atoms with Gasteiger partial charge in [0.25, 0.3) is 0 Å². The SMILES string of the molecule is Brc1cccc(-c2nnc(/C=C/c3ccccc3)o2)c1. The molecule has 0 radical (unpaired) electrons. The molecule has 0 N–H and O–H groups in total. The van der Waals surface area contributed by atoms with Gasteiger partial charge in [-0.3, -0.25) is 0 Å². The minimum absolute atomic E-state index is 0.490. The van der Waals surface area contributed by atoms with E-state index >= 15 is 0 Å². The van der Waals surface area contributed by atoms with Crippen molar-refractivity contribution in [1.82, 2.24) is 10.2 Å². The highest BCUT2D eigenvalue weighted by Crippen LogP contribution is 2.22. The standard InChI is InChI=1S/C16H11BrN2O/c17-14-8-4-7-13(11-14)16-19-18-15(20-16)10-9-12-5-2-1-3-6-12/h1-11H/b10-9+. The summed E-state index contributed by atoms with van der Waals surface area (Å²) in [5.41, 5.74) is 1.99. The number of aromatic nitrogens is 2. The van der Waals surface area contributed by atoms with Gasteiger partial charge in [-0.2, -0.15) is 0 Å². The van der Waals surface area contributed by atoms with Gasteiger partial charge in [0.1, 0.15) is 0 Å². The Bertz CT molecular complexity index is 735. The third-order valence-electron chi connectivity index (χ3n) is 2.73. The summed E-state index contributed by atoms with van der Waals surface area (Å²) in [7, 11) is 0. The second-order valence-corrected chi connectivity index (χ2v) is 5.12. The van der Waals surface area contributed by atoms with E-state index in [1.165, 1.54) is 0 Å². The molecule has 0 unspecified atom stereocenters. The summed E-state index contributed by atoms with van der Waals surface area (Å²) in [6.07, 6.45) is 3.75. The molecule has 3 aromatic rings. The predicted molar refractivity (Wildman–Crippen MR) is 82.8 cm³/mol. The summed E-state index contributed by atoms with van der Waals surface area (Å²) in [6.45, 7) is 0. The van der Waals surface area contributed by atoms with E-state index in [1.54, 1.807) is 0 Å². The van der Waals surface area contributed by atoms with Crippen molar-refractivity contribution >= 4 is 28.1 Å². The van der Waals surface area contributed by atoms with E-state index in [0.29, 0.717) is 11.8 Å². The van der Waals surface area contributed by atoms with Crippen LogP contribution in [0.3, 0.4) is 0 Å². The van der Waals surface area contributed by atoms with Gasteiger partial charge >= 0.3 is 0 Å². The summed E-state index contributed by atoms with van der Waals surface area (Å²) in [6, 6.07) is 17.8. The van der Waals surface area contributed by atoms with Crippen LogP contribution in [-0.2, 0) is 0 Å². The van der Waals surface area contributed by atoms with Gasteiger partial charge in [0.05, 0.1) is 0 Å². The molecule has 0 bridgehead atoms. The summed E-state index contributed by atoms with van der Waals surface area (Å²) < 4.78 is 6.60. The maximum Gasteiger partial charge on any atom is 0.248 e. The van der Waals surface area contributed by atoms with E-state index in [0.717, 1.165) is 15.6 Å². The second-order valence-electron chi connectivity index (χ2n) is 4.20. The average Bonchev–Trinajstić information content (AvgIpc) is 2.95. The lowest BCUT2D eigenvalue weighted by atomic mass is 10.2. The third kappa shape index (κ3) is 3.03. The fourth-order valence-corrected chi connectivity index (χ4v) is 2.17. The first-order valence-electron chi connectivity index (χ1n) is 6.14. The van der Waals surface area contributed by atoms with Crippen molar-refractivity contribution in [3.8, 4) is 11.5 Å². The zero-order valence-electron chi connectivity index (χ0n) is 10.5. The van der Waals surface area contributed by atoms with Crippen molar-refractivity contribution < 1.29 is 4.42 Å². The Hall–Kier alpha value is -2.20. The molecule has 0 aliphatic rings. The van der Waals surface area contributed by atoms with Crippen LogP contribution in [0.2, 0.25) is 0 Å². The van der Waals surface area contributed by atoms with Gasteiger partial charge in [0.2, 0.25) is 11.8 Å². The number of hydrogen-bond donors (Lipinski definition) is 0. The van der Waals surface area contributed by atoms with Crippen LogP contribution in [0, 0.1) is 0 Å². The van der Waals surface area contributed by atoms with Crippen molar-refractivity contribution in [1.29, 1.82) is 0 Å². The number of halogens is 1. The molecule has 20 heavy (non-hydrogen) atoms. The molecule has 98 valence electrons. The Labute approximate surface area is 125 Å². The summed E-state index contributed by atoms with van der Waals surface area (Å²) >= 11 is 3.42. The van der Waals surface area contributed by atoms with Gasteiger partial charge in [-0.05, 0) is 29.8 Å². The van der Waals surface area contributed by atoms with Crippen LogP contribution < -0.4 is 0 Å². The van der Waals surface area contributed by atoms with E-state index in [-0.39, 0.29) is 0 Å². The van der Waals surface area contributed by atoms with E-state index in [4.69, 9.17) is 4.42 Å². The maximum atomic E-state index is 5.62. The van der Waals surface area contributed by atoms with Crippen molar-refractivity contribution in [2.45, 2.75) is 0 Å². The van der Waals surface area contributed by atoms with Crippen LogP contribution in [0.15, 0.2) is 63.5 Å². The first-order chi connectivity index (χ1) is 9.81. The van der Waals surface area contributed by atoms with Crippen molar-refractivity contribution in [3.05, 3.63) is 70.5 Å². The first kappa shape index (κ1) is 12.8. The highest BCUT2D eigenvalue weighted by atomic mass is 79.9. The second kappa shape index (κ2) is 5.84. The Morgan fingerprint density at radius 3 is 2.55 bits per heavy atom. The predicted octanol–water partition coefficient (Wildman–Crippen LogP) is 4.67. The minimum Gasteiger partial charge on any atom is -0.417 e. The van der Waals surface area contributed by atoms with Crippen LogP contribution in [0.25, 0.3) is 23.6 Å². The highest BCUT2D eigenvalue weighted by Gasteiger charge is 2.06. The molecule has 1 aromatic heterocycles. The summed E-state index contributed by atoms with van der Waals surface area (Å²) in [4.78, 5) is 0. The molecule has 0 aliphatic heterocycles.